The molecular formula is C17H15ClN4O. The van der Waals surface area contributed by atoms with Gasteiger partial charge in [-0.1, -0.05) is 23.7 Å². The predicted octanol–water partition coefficient (Wildman–Crippen LogP) is 3.30. The number of aryl methyl sites for hydroxylation is 2. The topological polar surface area (TPSA) is 73.8 Å². The summed E-state index contributed by atoms with van der Waals surface area (Å²) >= 11 is 5.94. The van der Waals surface area contributed by atoms with Crippen molar-refractivity contribution in [3.8, 4) is 17.1 Å². The number of hydrogen-bond donors (Lipinski definition) is 1. The van der Waals surface area contributed by atoms with Crippen LogP contribution in [0.4, 0.5) is 0 Å². The number of nitrogens with zero attached hydrogens (tertiary/aromatic N) is 3. The van der Waals surface area contributed by atoms with Gasteiger partial charge in [-0.25, -0.2) is 9.67 Å². The molecule has 1 aromatic heterocycles. The summed E-state index contributed by atoms with van der Waals surface area (Å²) in [6.45, 7) is 3.98. The van der Waals surface area contributed by atoms with E-state index in [-0.39, 0.29) is 5.82 Å². The van der Waals surface area contributed by atoms with Gasteiger partial charge < -0.3 is 5.73 Å². The maximum atomic E-state index is 11.5. The van der Waals surface area contributed by atoms with Crippen LogP contribution in [-0.2, 0) is 0 Å². The maximum absolute atomic E-state index is 11.5. The number of primary amides is 1. The summed E-state index contributed by atoms with van der Waals surface area (Å²) in [7, 11) is 0. The lowest BCUT2D eigenvalue weighted by Gasteiger charge is -2.10. The fourth-order valence-corrected chi connectivity index (χ4v) is 2.44. The van der Waals surface area contributed by atoms with Crippen molar-refractivity contribution in [3.63, 3.8) is 0 Å². The lowest BCUT2D eigenvalue weighted by atomic mass is 10.1. The van der Waals surface area contributed by atoms with Crippen molar-refractivity contribution in [1.82, 2.24) is 14.8 Å². The largest absolute Gasteiger partial charge is 0.363 e. The Labute approximate surface area is 138 Å². The summed E-state index contributed by atoms with van der Waals surface area (Å²) in [6.07, 6.45) is 0. The van der Waals surface area contributed by atoms with Crippen LogP contribution >= 0.6 is 11.6 Å². The van der Waals surface area contributed by atoms with Crippen molar-refractivity contribution < 1.29 is 4.79 Å². The molecule has 0 fully saturated rings. The molecule has 0 saturated carbocycles. The van der Waals surface area contributed by atoms with Crippen molar-refractivity contribution in [2.45, 2.75) is 13.8 Å². The second-order valence-electron chi connectivity index (χ2n) is 5.33. The second-order valence-corrected chi connectivity index (χ2v) is 5.77. The third-order valence-corrected chi connectivity index (χ3v) is 3.77. The van der Waals surface area contributed by atoms with Gasteiger partial charge in [-0.15, -0.1) is 5.10 Å². The summed E-state index contributed by atoms with van der Waals surface area (Å²) in [5.41, 5.74) is 9.11. The van der Waals surface area contributed by atoms with E-state index in [4.69, 9.17) is 17.3 Å². The fourth-order valence-electron chi connectivity index (χ4n) is 2.32. The average molecular weight is 327 g/mol. The van der Waals surface area contributed by atoms with Crippen molar-refractivity contribution in [2.75, 3.05) is 0 Å². The zero-order valence-corrected chi connectivity index (χ0v) is 13.5. The van der Waals surface area contributed by atoms with Crippen LogP contribution in [0.2, 0.25) is 5.02 Å². The number of amides is 1. The SMILES string of the molecule is Cc1ccc(C)c(-n2nc(C(N)=O)nc2-c2ccc(Cl)cc2)c1. The van der Waals surface area contributed by atoms with Crippen LogP contribution in [0.3, 0.4) is 0 Å². The van der Waals surface area contributed by atoms with E-state index in [1.54, 1.807) is 16.8 Å². The molecular weight excluding hydrogens is 312 g/mol. The molecule has 0 saturated heterocycles. The third kappa shape index (κ3) is 2.96. The van der Waals surface area contributed by atoms with Crippen LogP contribution in [0.25, 0.3) is 17.1 Å². The second kappa shape index (κ2) is 5.85. The van der Waals surface area contributed by atoms with E-state index < -0.39 is 5.91 Å². The molecule has 0 atom stereocenters. The van der Waals surface area contributed by atoms with Crippen LogP contribution in [0.1, 0.15) is 21.7 Å². The molecule has 0 radical (unpaired) electrons. The molecule has 0 spiro atoms. The molecule has 0 aliphatic rings. The number of aromatic nitrogens is 3. The van der Waals surface area contributed by atoms with E-state index in [0.29, 0.717) is 10.8 Å². The number of nitrogens with two attached hydrogens (primary N) is 1. The summed E-state index contributed by atoms with van der Waals surface area (Å²) in [5, 5.41) is 4.91. The standard InChI is InChI=1S/C17H15ClN4O/c1-10-3-4-11(2)14(9-10)22-17(20-16(21-22)15(19)23)12-5-7-13(18)8-6-12/h3-9H,1-2H3,(H2,19,23). The molecule has 0 aliphatic carbocycles. The van der Waals surface area contributed by atoms with Gasteiger partial charge in [-0.2, -0.15) is 0 Å². The normalized spacial score (nSPS) is 10.7. The van der Waals surface area contributed by atoms with Crippen molar-refractivity contribution in [1.29, 1.82) is 0 Å². The molecule has 2 N–H and O–H groups in total. The number of carbonyl (C=O) groups excluding carboxylic acids is 1. The van der Waals surface area contributed by atoms with Crippen LogP contribution in [0, 0.1) is 13.8 Å². The highest BCUT2D eigenvalue weighted by atomic mass is 35.5. The average Bonchev–Trinajstić information content (AvgIpc) is 2.96. The van der Waals surface area contributed by atoms with E-state index in [1.807, 2.05) is 44.2 Å². The number of benzene rings is 2. The van der Waals surface area contributed by atoms with Crippen LogP contribution in [-0.4, -0.2) is 20.7 Å². The molecule has 3 rings (SSSR count). The minimum Gasteiger partial charge on any atom is -0.363 e. The number of halogens is 1. The van der Waals surface area contributed by atoms with E-state index >= 15 is 0 Å². The summed E-state index contributed by atoms with van der Waals surface area (Å²) in [6, 6.07) is 13.2. The molecule has 0 unspecified atom stereocenters. The number of carbonyl (C=O) groups is 1. The van der Waals surface area contributed by atoms with Gasteiger partial charge in [0.1, 0.15) is 0 Å². The van der Waals surface area contributed by atoms with Gasteiger partial charge in [0.05, 0.1) is 5.69 Å². The molecule has 1 heterocycles. The smallest absolute Gasteiger partial charge is 0.288 e. The Morgan fingerprint density at radius 1 is 1.13 bits per heavy atom. The Morgan fingerprint density at radius 2 is 1.83 bits per heavy atom. The van der Waals surface area contributed by atoms with E-state index in [9.17, 15) is 4.79 Å². The van der Waals surface area contributed by atoms with Gasteiger partial charge in [0.15, 0.2) is 5.82 Å². The van der Waals surface area contributed by atoms with Gasteiger partial charge in [0.25, 0.3) is 5.91 Å². The highest BCUT2D eigenvalue weighted by Crippen LogP contribution is 2.25. The quantitative estimate of drug-likeness (QED) is 0.802. The fraction of sp³-hybridized carbons (Fsp3) is 0.118. The zero-order chi connectivity index (χ0) is 16.6. The first-order chi connectivity index (χ1) is 11.0. The Hall–Kier alpha value is -2.66. The van der Waals surface area contributed by atoms with Gasteiger partial charge in [0.2, 0.25) is 5.82 Å². The third-order valence-electron chi connectivity index (χ3n) is 3.52. The Morgan fingerprint density at radius 3 is 2.48 bits per heavy atom. The van der Waals surface area contributed by atoms with E-state index in [2.05, 4.69) is 10.1 Å². The summed E-state index contributed by atoms with van der Waals surface area (Å²) < 4.78 is 1.64. The van der Waals surface area contributed by atoms with E-state index in [0.717, 1.165) is 22.4 Å². The van der Waals surface area contributed by atoms with Gasteiger partial charge in [-0.05, 0) is 55.3 Å². The first-order valence-electron chi connectivity index (χ1n) is 7.06. The number of hydrogen-bond acceptors (Lipinski definition) is 3. The van der Waals surface area contributed by atoms with Gasteiger partial charge in [-0.3, -0.25) is 4.79 Å². The molecule has 1 amide bonds. The molecule has 6 heteroatoms. The first-order valence-corrected chi connectivity index (χ1v) is 7.44. The van der Waals surface area contributed by atoms with Crippen LogP contribution < -0.4 is 5.73 Å². The van der Waals surface area contributed by atoms with Crippen molar-refractivity contribution >= 4 is 17.5 Å². The highest BCUT2D eigenvalue weighted by Gasteiger charge is 2.18. The lowest BCUT2D eigenvalue weighted by molar-refractivity contribution is 0.0990. The highest BCUT2D eigenvalue weighted by molar-refractivity contribution is 6.30. The Kier molecular flexibility index (Phi) is 3.88. The molecule has 116 valence electrons. The Bertz CT molecular complexity index is 884. The van der Waals surface area contributed by atoms with Crippen LogP contribution in [0.15, 0.2) is 42.5 Å². The molecule has 23 heavy (non-hydrogen) atoms. The zero-order valence-electron chi connectivity index (χ0n) is 12.7. The predicted molar refractivity (Wildman–Crippen MR) is 89.8 cm³/mol. The monoisotopic (exact) mass is 326 g/mol. The number of rotatable bonds is 3. The summed E-state index contributed by atoms with van der Waals surface area (Å²) in [5.74, 6) is -0.135. The van der Waals surface area contributed by atoms with Crippen molar-refractivity contribution in [3.05, 3.63) is 64.4 Å². The molecule has 0 bridgehead atoms. The summed E-state index contributed by atoms with van der Waals surface area (Å²) in [4.78, 5) is 15.8. The van der Waals surface area contributed by atoms with Gasteiger partial charge >= 0.3 is 0 Å². The maximum Gasteiger partial charge on any atom is 0.288 e. The van der Waals surface area contributed by atoms with Gasteiger partial charge in [0, 0.05) is 10.6 Å². The molecule has 2 aromatic carbocycles. The molecule has 3 aromatic rings. The minimum atomic E-state index is -0.663. The first kappa shape index (κ1) is 15.2. The molecule has 5 nitrogen and oxygen atoms in total. The minimum absolute atomic E-state index is 0.0177. The molecule has 0 aliphatic heterocycles. The van der Waals surface area contributed by atoms with Crippen LogP contribution in [0.5, 0.6) is 0 Å². The van der Waals surface area contributed by atoms with Crippen molar-refractivity contribution in [2.24, 2.45) is 5.73 Å². The van der Waals surface area contributed by atoms with E-state index in [1.165, 1.54) is 0 Å². The Balaban J connectivity index is 2.25. The lowest BCUT2D eigenvalue weighted by Crippen LogP contribution is -2.13.